The quantitative estimate of drug-likeness (QED) is 0.850. The predicted molar refractivity (Wildman–Crippen MR) is 85.1 cm³/mol. The molecular weight excluding hydrogens is 294 g/mol. The monoisotopic (exact) mass is 315 g/mol. The average Bonchev–Trinajstić information content (AvgIpc) is 3.08. The first-order valence-corrected chi connectivity index (χ1v) is 7.80. The number of aromatic nitrogens is 3. The van der Waals surface area contributed by atoms with Gasteiger partial charge in [0.25, 0.3) is 0 Å². The summed E-state index contributed by atoms with van der Waals surface area (Å²) in [5, 5.41) is 13.0. The molecule has 1 N–H and O–H groups in total. The van der Waals surface area contributed by atoms with Gasteiger partial charge in [0, 0.05) is 39.3 Å². The van der Waals surface area contributed by atoms with Crippen LogP contribution >= 0.6 is 0 Å². The van der Waals surface area contributed by atoms with Crippen molar-refractivity contribution in [3.05, 3.63) is 48.0 Å². The molecule has 122 valence electrons. The van der Waals surface area contributed by atoms with E-state index in [2.05, 4.69) is 19.9 Å². The minimum absolute atomic E-state index is 0.340. The van der Waals surface area contributed by atoms with E-state index in [0.29, 0.717) is 5.56 Å². The second-order valence-electron chi connectivity index (χ2n) is 5.78. The SMILES string of the molecule is O=C(O)c1ccc(CN2CCN(CCn3cncn3)CC2)cc1. The number of aromatic carboxylic acids is 1. The van der Waals surface area contributed by atoms with E-state index in [1.165, 1.54) is 0 Å². The Kier molecular flexibility index (Phi) is 4.99. The molecule has 1 aliphatic rings. The van der Waals surface area contributed by atoms with Gasteiger partial charge in [-0.2, -0.15) is 5.10 Å². The molecule has 1 aromatic heterocycles. The third kappa shape index (κ3) is 4.37. The van der Waals surface area contributed by atoms with Crippen LogP contribution < -0.4 is 0 Å². The zero-order valence-electron chi connectivity index (χ0n) is 13.0. The largest absolute Gasteiger partial charge is 0.478 e. The van der Waals surface area contributed by atoms with Gasteiger partial charge >= 0.3 is 5.97 Å². The molecule has 1 aromatic carbocycles. The van der Waals surface area contributed by atoms with Gasteiger partial charge in [0.05, 0.1) is 12.1 Å². The van der Waals surface area contributed by atoms with Crippen molar-refractivity contribution in [2.45, 2.75) is 13.1 Å². The van der Waals surface area contributed by atoms with Gasteiger partial charge in [0.1, 0.15) is 12.7 Å². The summed E-state index contributed by atoms with van der Waals surface area (Å²) in [6, 6.07) is 7.15. The van der Waals surface area contributed by atoms with Crippen molar-refractivity contribution in [1.82, 2.24) is 24.6 Å². The van der Waals surface area contributed by atoms with E-state index >= 15 is 0 Å². The highest BCUT2D eigenvalue weighted by molar-refractivity contribution is 5.87. The molecule has 0 amide bonds. The van der Waals surface area contributed by atoms with Crippen LogP contribution in [0.2, 0.25) is 0 Å². The number of rotatable bonds is 6. The number of piperazine rings is 1. The molecule has 0 radical (unpaired) electrons. The van der Waals surface area contributed by atoms with E-state index in [9.17, 15) is 4.79 Å². The summed E-state index contributed by atoms with van der Waals surface area (Å²) in [6.07, 6.45) is 3.31. The van der Waals surface area contributed by atoms with Crippen molar-refractivity contribution >= 4 is 5.97 Å². The molecule has 2 aromatic rings. The third-order valence-corrected chi connectivity index (χ3v) is 4.18. The first kappa shape index (κ1) is 15.6. The van der Waals surface area contributed by atoms with E-state index < -0.39 is 5.97 Å². The van der Waals surface area contributed by atoms with Crippen LogP contribution in [0.4, 0.5) is 0 Å². The number of hydrogen-bond donors (Lipinski definition) is 1. The first-order chi connectivity index (χ1) is 11.2. The van der Waals surface area contributed by atoms with Crippen LogP contribution in [0.1, 0.15) is 15.9 Å². The second kappa shape index (κ2) is 7.34. The van der Waals surface area contributed by atoms with Crippen molar-refractivity contribution in [3.8, 4) is 0 Å². The molecule has 23 heavy (non-hydrogen) atoms. The summed E-state index contributed by atoms with van der Waals surface area (Å²) in [7, 11) is 0. The maximum absolute atomic E-state index is 10.9. The summed E-state index contributed by atoms with van der Waals surface area (Å²) in [5.74, 6) is -0.877. The molecule has 0 unspecified atom stereocenters. The van der Waals surface area contributed by atoms with E-state index in [1.807, 2.05) is 16.8 Å². The molecule has 7 heteroatoms. The van der Waals surface area contributed by atoms with Crippen LogP contribution in [-0.2, 0) is 13.1 Å². The van der Waals surface area contributed by atoms with Crippen molar-refractivity contribution in [2.24, 2.45) is 0 Å². The number of benzene rings is 1. The summed E-state index contributed by atoms with van der Waals surface area (Å²) in [4.78, 5) is 19.7. The summed E-state index contributed by atoms with van der Waals surface area (Å²) < 4.78 is 1.86. The molecule has 0 atom stereocenters. The minimum Gasteiger partial charge on any atom is -0.478 e. The summed E-state index contributed by atoms with van der Waals surface area (Å²) in [6.45, 7) is 6.87. The number of nitrogens with zero attached hydrogens (tertiary/aromatic N) is 5. The molecule has 1 saturated heterocycles. The van der Waals surface area contributed by atoms with E-state index in [4.69, 9.17) is 5.11 Å². The standard InChI is InChI=1S/C16H21N5O2/c22-16(23)15-3-1-14(2-4-15)11-20-7-5-19(6-8-20)9-10-21-13-17-12-18-21/h1-4,12-13H,5-11H2,(H,22,23). The molecule has 0 bridgehead atoms. The van der Waals surface area contributed by atoms with Crippen LogP contribution in [0.5, 0.6) is 0 Å². The first-order valence-electron chi connectivity index (χ1n) is 7.80. The fourth-order valence-corrected chi connectivity index (χ4v) is 2.77. The van der Waals surface area contributed by atoms with Gasteiger partial charge < -0.3 is 5.11 Å². The lowest BCUT2D eigenvalue weighted by Crippen LogP contribution is -2.46. The molecule has 0 spiro atoms. The maximum atomic E-state index is 10.9. The highest BCUT2D eigenvalue weighted by atomic mass is 16.4. The number of hydrogen-bond acceptors (Lipinski definition) is 5. The normalized spacial score (nSPS) is 16.5. The van der Waals surface area contributed by atoms with E-state index in [0.717, 1.165) is 51.4 Å². The molecule has 1 aliphatic heterocycles. The van der Waals surface area contributed by atoms with Crippen molar-refractivity contribution in [1.29, 1.82) is 0 Å². The molecule has 3 rings (SSSR count). The maximum Gasteiger partial charge on any atom is 0.335 e. The Morgan fingerprint density at radius 3 is 2.35 bits per heavy atom. The molecule has 2 heterocycles. The fraction of sp³-hybridized carbons (Fsp3) is 0.438. The lowest BCUT2D eigenvalue weighted by atomic mass is 10.1. The molecule has 0 saturated carbocycles. The second-order valence-corrected chi connectivity index (χ2v) is 5.78. The Morgan fingerprint density at radius 1 is 1.04 bits per heavy atom. The Labute approximate surface area is 135 Å². The van der Waals surface area contributed by atoms with Gasteiger partial charge in [0.2, 0.25) is 0 Å². The van der Waals surface area contributed by atoms with Gasteiger partial charge in [-0.25, -0.2) is 9.78 Å². The lowest BCUT2D eigenvalue weighted by Gasteiger charge is -2.34. The Morgan fingerprint density at radius 2 is 1.74 bits per heavy atom. The highest BCUT2D eigenvalue weighted by Gasteiger charge is 2.16. The van der Waals surface area contributed by atoms with Gasteiger partial charge in [-0.15, -0.1) is 0 Å². The summed E-state index contributed by atoms with van der Waals surface area (Å²) >= 11 is 0. The molecule has 7 nitrogen and oxygen atoms in total. The Hall–Kier alpha value is -2.25. The zero-order chi connectivity index (χ0) is 16.1. The number of carbonyl (C=O) groups is 1. The number of carboxylic acid groups (broad SMARTS) is 1. The number of carboxylic acids is 1. The van der Waals surface area contributed by atoms with Gasteiger partial charge in [-0.05, 0) is 17.7 Å². The van der Waals surface area contributed by atoms with Crippen LogP contribution in [0.3, 0.4) is 0 Å². The minimum atomic E-state index is -0.877. The van der Waals surface area contributed by atoms with Crippen LogP contribution in [0.25, 0.3) is 0 Å². The lowest BCUT2D eigenvalue weighted by molar-refractivity contribution is 0.0697. The van der Waals surface area contributed by atoms with E-state index in [1.54, 1.807) is 24.8 Å². The Bertz CT molecular complexity index is 618. The molecular formula is C16H21N5O2. The van der Waals surface area contributed by atoms with Crippen molar-refractivity contribution < 1.29 is 9.90 Å². The molecule has 0 aliphatic carbocycles. The fourth-order valence-electron chi connectivity index (χ4n) is 2.77. The van der Waals surface area contributed by atoms with Crippen molar-refractivity contribution in [2.75, 3.05) is 32.7 Å². The predicted octanol–water partition coefficient (Wildman–Crippen LogP) is 0.794. The third-order valence-electron chi connectivity index (χ3n) is 4.18. The summed E-state index contributed by atoms with van der Waals surface area (Å²) in [5.41, 5.74) is 1.50. The molecule has 1 fully saturated rings. The van der Waals surface area contributed by atoms with Gasteiger partial charge in [-0.1, -0.05) is 12.1 Å². The van der Waals surface area contributed by atoms with Gasteiger partial charge in [-0.3, -0.25) is 14.5 Å². The van der Waals surface area contributed by atoms with Crippen molar-refractivity contribution in [3.63, 3.8) is 0 Å². The topological polar surface area (TPSA) is 74.5 Å². The zero-order valence-corrected chi connectivity index (χ0v) is 13.0. The average molecular weight is 315 g/mol. The van der Waals surface area contributed by atoms with Crippen LogP contribution in [0, 0.1) is 0 Å². The van der Waals surface area contributed by atoms with E-state index in [-0.39, 0.29) is 0 Å². The smallest absolute Gasteiger partial charge is 0.335 e. The van der Waals surface area contributed by atoms with Crippen LogP contribution in [0.15, 0.2) is 36.9 Å². The van der Waals surface area contributed by atoms with Gasteiger partial charge in [0.15, 0.2) is 0 Å². The van der Waals surface area contributed by atoms with Crippen LogP contribution in [-0.4, -0.2) is 68.4 Å². The highest BCUT2D eigenvalue weighted by Crippen LogP contribution is 2.10. The Balaban J connectivity index is 1.42.